The standard InChI is InChI=1S/4C24H38N2O4/c4*1-14(2)9-17-13-26-8-7-16-10-21(28-5)22(29-6)11-18(16)19(26)12-20(17)30-24(27)23(25)15(3)4/h4*10-11,14-15,17,19-20,23H,7-9,12-13,25H2,1-6H3/t4*17?,19?,20?,23-/m0000/s1/i2*5D3,7D2,8D2,10D,11D,12D2,13D2,17D;2*7D2,8D2,10D,11D,12D2,13D2,17D. The molecule has 0 saturated carbocycles. The van der Waals surface area contributed by atoms with Gasteiger partial charge in [-0.2, -0.15) is 0 Å². The van der Waals surface area contributed by atoms with E-state index in [-0.39, 0.29) is 32.8 Å². The molecule has 4 aromatic carbocycles. The molecule has 0 spiro atoms. The summed E-state index contributed by atoms with van der Waals surface area (Å²) in [5, 5.41) is 0. The molecule has 4 aromatic rings. The van der Waals surface area contributed by atoms with E-state index in [0.29, 0.717) is 9.80 Å². The first-order chi connectivity index (χ1) is 76.3. The third kappa shape index (κ3) is 23.8. The van der Waals surface area contributed by atoms with Gasteiger partial charge in [0, 0.05) is 175 Å². The van der Waals surface area contributed by atoms with Gasteiger partial charge in [-0.15, -0.1) is 0 Å². The van der Waals surface area contributed by atoms with Gasteiger partial charge >= 0.3 is 23.9 Å². The fourth-order valence-corrected chi connectivity index (χ4v) is 12.9. The number of hydrogen-bond acceptors (Lipinski definition) is 24. The predicted octanol–water partition coefficient (Wildman–Crippen LogP) is 14.3. The number of piperidine rings is 4. The number of nitrogens with zero attached hydrogens (tertiary/aromatic N) is 4. The summed E-state index contributed by atoms with van der Waals surface area (Å²) in [7, 11) is 0.141. The van der Waals surface area contributed by atoms with Crippen molar-refractivity contribution in [3.8, 4) is 46.0 Å². The molecule has 4 fully saturated rings. The van der Waals surface area contributed by atoms with Gasteiger partial charge in [0.1, 0.15) is 48.6 Å². The van der Waals surface area contributed by atoms with Gasteiger partial charge in [-0.1, -0.05) is 111 Å². The summed E-state index contributed by atoms with van der Waals surface area (Å²) in [6, 6.07) is -20.6. The van der Waals surface area contributed by atoms with Crippen LogP contribution in [0, 0.1) is 70.9 Å². The topological polar surface area (TPSA) is 296 Å². The number of fused-ring (bicyclic) bond motifs is 12. The molecule has 12 unspecified atom stereocenters. The fourth-order valence-electron chi connectivity index (χ4n) is 12.9. The van der Waals surface area contributed by atoms with Crippen molar-refractivity contribution in [2.45, 2.75) is 260 Å². The normalized spacial score (nSPS) is 40.4. The van der Waals surface area contributed by atoms with Crippen molar-refractivity contribution >= 4 is 23.9 Å². The van der Waals surface area contributed by atoms with Crippen LogP contribution in [0.4, 0.5) is 0 Å². The van der Waals surface area contributed by atoms with Crippen LogP contribution in [0.2, 0.25) is 0 Å². The van der Waals surface area contributed by atoms with E-state index in [0.717, 1.165) is 42.7 Å². The highest BCUT2D eigenvalue weighted by atomic mass is 16.6. The van der Waals surface area contributed by atoms with Crippen LogP contribution < -0.4 is 60.8 Å². The fraction of sp³-hybridized carbons (Fsp3) is 0.708. The minimum Gasteiger partial charge on any atom is -0.493 e. The van der Waals surface area contributed by atoms with E-state index in [9.17, 15) is 35.6 Å². The minimum atomic E-state index is -3.53. The molecule has 672 valence electrons. The highest BCUT2D eigenvalue weighted by molar-refractivity contribution is 5.77. The molecule has 120 heavy (non-hydrogen) atoms. The summed E-state index contributed by atoms with van der Waals surface area (Å²) in [5.41, 5.74) is 17.8. The van der Waals surface area contributed by atoms with E-state index < -0.39 is 426 Å². The summed E-state index contributed by atoms with van der Waals surface area (Å²) in [6.45, 7) is -0.939. The molecule has 0 amide bonds. The number of esters is 4. The summed E-state index contributed by atoms with van der Waals surface area (Å²) >= 11 is 0. The number of hydrogen-bond donors (Lipinski definition) is 4. The highest BCUT2D eigenvalue weighted by Gasteiger charge is 2.47. The van der Waals surface area contributed by atoms with Crippen LogP contribution in [0.25, 0.3) is 0 Å². The molecule has 8 heterocycles. The molecule has 24 heteroatoms. The minimum absolute atomic E-state index is 0.200. The molecule has 16 atom stereocenters. The van der Waals surface area contributed by atoms with Crippen LogP contribution in [0.1, 0.15) is 299 Å². The Kier molecular flexibility index (Phi) is 17.7. The van der Waals surface area contributed by atoms with Gasteiger partial charge in [0.2, 0.25) is 0 Å². The quantitative estimate of drug-likeness (QED) is 0.0303. The average Bonchev–Trinajstić information content (AvgIpc) is 0.667. The zero-order chi connectivity index (χ0) is 132. The molecule has 0 aliphatic carbocycles. The SMILES string of the molecule is [2H]c1c(OC)c(OC([2H])([2H])[2H])c([2H])c2c1C1N(C([2H])([2H])C2([2H])[2H])C([2H])([2H])C([2H])(CC(C)C)C(OC(=O)[C@@H](N)C(C)C)C1([2H])[2H].[2H]c1c(OC)c(OC([2H])([2H])[2H])c([2H])c2c1C1N(C([2H])([2H])C2([2H])[2H])C([2H])([2H])C([2H])(CC(C)C)C(OC(=O)[C@@H](N)C(C)C)C1([2H])[2H].[2H]c1c(OC)c(OC)c([2H])c2c1C1N(C([2H])([2H])C2([2H])[2H])C([2H])([2H])C([2H])(CC(C)C)C(OC(=O)[C@@H](N)C(C)C)C1([2H])[2H].[2H]c1c(OC)c(OC)c([2H])c2c1C1N(C([2H])([2H])C2([2H])[2H])C([2H])([2H])C([2H])(CC(C)C)C(OC(=O)[C@@H](N)C(C)C)C1([2H])[2H]. The summed E-state index contributed by atoms with van der Waals surface area (Å²) in [6.07, 6.45) is -36.2. The van der Waals surface area contributed by atoms with Crippen molar-refractivity contribution in [3.63, 3.8) is 0 Å². The van der Waals surface area contributed by atoms with Crippen LogP contribution in [0.5, 0.6) is 46.0 Å². The van der Waals surface area contributed by atoms with Gasteiger partial charge in [-0.3, -0.25) is 38.8 Å². The van der Waals surface area contributed by atoms with Crippen molar-refractivity contribution in [3.05, 3.63) is 92.8 Å². The number of nitrogens with two attached hydrogens (primary N) is 4. The molecule has 8 N–H and O–H groups in total. The number of methoxy groups -OCH3 is 8. The maximum absolute atomic E-state index is 13.1. The zero-order valence-corrected chi connectivity index (χ0v) is 72.0. The maximum Gasteiger partial charge on any atom is 0.323 e. The smallest absolute Gasteiger partial charge is 0.323 e. The Morgan fingerprint density at radius 2 is 0.525 bits per heavy atom. The zero-order valence-electron chi connectivity index (χ0n) is 122. The monoisotopic (exact) mass is 1720 g/mol. The first kappa shape index (κ1) is 48.4. The van der Waals surface area contributed by atoms with Crippen LogP contribution in [-0.4, -0.2) is 201 Å². The van der Waals surface area contributed by atoms with E-state index >= 15 is 0 Å². The Hall–Kier alpha value is -7.16. The van der Waals surface area contributed by atoms with Gasteiger partial charge < -0.3 is 79.8 Å². The molecule has 24 nitrogen and oxygen atoms in total. The summed E-state index contributed by atoms with van der Waals surface area (Å²) in [5.74, 6) is -24.0. The predicted molar refractivity (Wildman–Crippen MR) is 471 cm³/mol. The second-order valence-corrected chi connectivity index (χ2v) is 32.2. The number of rotatable bonds is 28. The average molecular weight is 1720 g/mol. The van der Waals surface area contributed by atoms with Gasteiger partial charge in [0.25, 0.3) is 0 Å². The van der Waals surface area contributed by atoms with E-state index in [1.807, 2.05) is 0 Å². The summed E-state index contributed by atoms with van der Waals surface area (Å²) < 4.78 is 505. The Bertz CT molecular complexity index is 6160. The molecular formula is C96H152N8O16. The van der Waals surface area contributed by atoms with Gasteiger partial charge in [0.15, 0.2) is 46.0 Å². The van der Waals surface area contributed by atoms with E-state index in [4.69, 9.17) is 132 Å². The molecule has 0 aromatic heterocycles. The first-order valence-corrected chi connectivity index (χ1v) is 39.6. The van der Waals surface area contributed by atoms with E-state index in [1.165, 1.54) is 0 Å². The maximum atomic E-state index is 13.1. The van der Waals surface area contributed by atoms with Crippen molar-refractivity contribution in [1.82, 2.24) is 19.6 Å². The highest BCUT2D eigenvalue weighted by Crippen LogP contribution is 2.50. The van der Waals surface area contributed by atoms with Gasteiger partial charge in [-0.25, -0.2) is 0 Å². The van der Waals surface area contributed by atoms with Crippen molar-refractivity contribution in [2.24, 2.45) is 93.9 Å². The lowest BCUT2D eigenvalue weighted by atomic mass is 9.79. The van der Waals surface area contributed by atoms with Crippen LogP contribution in [0.3, 0.4) is 0 Å². The third-order valence-electron chi connectivity index (χ3n) is 19.6. The molecule has 12 rings (SSSR count). The largest absolute Gasteiger partial charge is 0.493 e. The molecule has 0 radical (unpaired) electrons. The number of benzene rings is 4. The molecular weight excluding hydrogens is 1520 g/mol. The Balaban J connectivity index is 0.000000249. The van der Waals surface area contributed by atoms with Gasteiger partial charge in [0.05, 0.1) is 75.9 Å². The lowest BCUT2D eigenvalue weighted by Crippen LogP contribution is -2.51. The second-order valence-electron chi connectivity index (χ2n) is 32.2. The van der Waals surface area contributed by atoms with E-state index in [2.05, 4.69) is 0 Å². The van der Waals surface area contributed by atoms with Crippen LogP contribution in [-0.2, 0) is 63.6 Å². The van der Waals surface area contributed by atoms with E-state index in [1.54, 1.807) is 111 Å². The third-order valence-corrected chi connectivity index (χ3v) is 19.6. The summed E-state index contributed by atoms with van der Waals surface area (Å²) in [4.78, 5) is 53.5. The molecule has 8 aliphatic heterocycles. The number of carbonyl (C=O) groups is 4. The molecule has 0 bridgehead atoms. The van der Waals surface area contributed by atoms with Crippen molar-refractivity contribution in [2.75, 3.05) is 109 Å². The number of ether oxygens (including phenoxy) is 12. The Morgan fingerprint density at radius 3 is 0.692 bits per heavy atom. The molecule has 8 aliphatic rings. The Labute approximate surface area is 789 Å². The first-order valence-electron chi connectivity index (χ1n) is 64.6. The lowest BCUT2D eigenvalue weighted by molar-refractivity contribution is -0.161. The van der Waals surface area contributed by atoms with Crippen LogP contribution >= 0.6 is 0 Å². The number of carbonyl (C=O) groups excluding carboxylic acids is 4. The lowest BCUT2D eigenvalue weighted by Gasteiger charge is -2.47. The Morgan fingerprint density at radius 1 is 0.342 bits per heavy atom. The van der Waals surface area contributed by atoms with Crippen molar-refractivity contribution < 1.29 is 145 Å². The van der Waals surface area contributed by atoms with Gasteiger partial charge in [-0.05, 0) is 191 Å². The van der Waals surface area contributed by atoms with Crippen molar-refractivity contribution in [1.29, 1.82) is 0 Å². The molecule has 4 saturated heterocycles. The second kappa shape index (κ2) is 43.9. The van der Waals surface area contributed by atoms with Crippen LogP contribution in [0.15, 0.2) is 48.3 Å².